The summed E-state index contributed by atoms with van der Waals surface area (Å²) in [7, 11) is 0. The second-order valence-corrected chi connectivity index (χ2v) is 3.73. The van der Waals surface area contributed by atoms with Crippen LogP contribution in [0.5, 0.6) is 0 Å². The summed E-state index contributed by atoms with van der Waals surface area (Å²) in [5, 5.41) is 4.62. The van der Waals surface area contributed by atoms with Gasteiger partial charge < -0.3 is 5.73 Å². The normalized spacial score (nSPS) is 13.8. The van der Waals surface area contributed by atoms with Gasteiger partial charge in [0.05, 0.1) is 6.04 Å². The topological polar surface area (TPSA) is 43.8 Å². The Morgan fingerprint density at radius 2 is 2.08 bits per heavy atom. The molecule has 0 spiro atoms. The van der Waals surface area contributed by atoms with Crippen LogP contribution in [0.15, 0.2) is 6.20 Å². The molecule has 0 saturated heterocycles. The Labute approximate surface area is 77.5 Å². The SMILES string of the molecule is CC(C)C(C)n1cc(Cl)c(N)n1. The average Bonchev–Trinajstić information content (AvgIpc) is 2.30. The van der Waals surface area contributed by atoms with E-state index in [9.17, 15) is 0 Å². The molecular weight excluding hydrogens is 174 g/mol. The van der Waals surface area contributed by atoms with Crippen LogP contribution in [-0.4, -0.2) is 9.78 Å². The lowest BCUT2D eigenvalue weighted by atomic mass is 10.1. The Hall–Kier alpha value is -0.700. The van der Waals surface area contributed by atoms with E-state index in [-0.39, 0.29) is 0 Å². The molecule has 0 saturated carbocycles. The van der Waals surface area contributed by atoms with Gasteiger partial charge in [-0.2, -0.15) is 5.10 Å². The first-order chi connectivity index (χ1) is 5.52. The maximum Gasteiger partial charge on any atom is 0.164 e. The van der Waals surface area contributed by atoms with Crippen molar-refractivity contribution in [2.75, 3.05) is 5.73 Å². The number of nitrogens with two attached hydrogens (primary N) is 1. The van der Waals surface area contributed by atoms with Gasteiger partial charge in [-0.15, -0.1) is 0 Å². The first kappa shape index (κ1) is 9.39. The third kappa shape index (κ3) is 1.72. The van der Waals surface area contributed by atoms with E-state index >= 15 is 0 Å². The zero-order chi connectivity index (χ0) is 9.30. The largest absolute Gasteiger partial charge is 0.381 e. The minimum Gasteiger partial charge on any atom is -0.381 e. The molecule has 2 N–H and O–H groups in total. The van der Waals surface area contributed by atoms with Crippen molar-refractivity contribution in [1.82, 2.24) is 9.78 Å². The average molecular weight is 188 g/mol. The number of hydrogen-bond acceptors (Lipinski definition) is 2. The maximum atomic E-state index is 5.77. The van der Waals surface area contributed by atoms with Gasteiger partial charge in [-0.3, -0.25) is 4.68 Å². The fourth-order valence-electron chi connectivity index (χ4n) is 0.897. The lowest BCUT2D eigenvalue weighted by Gasteiger charge is -2.15. The molecule has 12 heavy (non-hydrogen) atoms. The van der Waals surface area contributed by atoms with Crippen molar-refractivity contribution in [2.45, 2.75) is 26.8 Å². The minimum atomic E-state index is 0.333. The van der Waals surface area contributed by atoms with E-state index in [0.717, 1.165) is 0 Å². The molecule has 1 rings (SSSR count). The number of halogens is 1. The Morgan fingerprint density at radius 3 is 2.42 bits per heavy atom. The third-order valence-electron chi connectivity index (χ3n) is 2.10. The van der Waals surface area contributed by atoms with Crippen molar-refractivity contribution < 1.29 is 0 Å². The monoisotopic (exact) mass is 187 g/mol. The fourth-order valence-corrected chi connectivity index (χ4v) is 1.04. The van der Waals surface area contributed by atoms with Crippen molar-refractivity contribution in [2.24, 2.45) is 5.92 Å². The highest BCUT2D eigenvalue weighted by Crippen LogP contribution is 2.22. The maximum absolute atomic E-state index is 5.77. The predicted molar refractivity (Wildman–Crippen MR) is 51.2 cm³/mol. The third-order valence-corrected chi connectivity index (χ3v) is 2.39. The van der Waals surface area contributed by atoms with Gasteiger partial charge in [0, 0.05) is 6.20 Å². The number of nitrogens with zero attached hydrogens (tertiary/aromatic N) is 2. The second-order valence-electron chi connectivity index (χ2n) is 3.33. The van der Waals surface area contributed by atoms with Crippen LogP contribution in [0, 0.1) is 5.92 Å². The number of nitrogen functional groups attached to an aromatic ring is 1. The molecule has 0 aliphatic heterocycles. The molecule has 68 valence electrons. The molecule has 0 radical (unpaired) electrons. The minimum absolute atomic E-state index is 0.333. The predicted octanol–water partition coefficient (Wildman–Crippen LogP) is 2.34. The molecule has 1 atom stereocenters. The molecule has 0 fully saturated rings. The van der Waals surface area contributed by atoms with Crippen LogP contribution < -0.4 is 5.73 Å². The second kappa shape index (κ2) is 3.35. The Bertz CT molecular complexity index is 248. The molecule has 0 aliphatic carbocycles. The fraction of sp³-hybridized carbons (Fsp3) is 0.625. The van der Waals surface area contributed by atoms with Crippen LogP contribution in [-0.2, 0) is 0 Å². The van der Waals surface area contributed by atoms with Gasteiger partial charge in [-0.25, -0.2) is 0 Å². The van der Waals surface area contributed by atoms with Gasteiger partial charge in [0.1, 0.15) is 5.02 Å². The van der Waals surface area contributed by atoms with Crippen LogP contribution in [0.25, 0.3) is 0 Å². The smallest absolute Gasteiger partial charge is 0.164 e. The van der Waals surface area contributed by atoms with Crippen LogP contribution in [0.3, 0.4) is 0 Å². The summed E-state index contributed by atoms with van der Waals surface area (Å²) in [5.41, 5.74) is 5.51. The lowest BCUT2D eigenvalue weighted by Crippen LogP contribution is -2.12. The van der Waals surface area contributed by atoms with Gasteiger partial charge in [0.15, 0.2) is 5.82 Å². The van der Waals surface area contributed by atoms with Crippen molar-refractivity contribution in [1.29, 1.82) is 0 Å². The molecule has 1 unspecified atom stereocenters. The molecule has 4 heteroatoms. The van der Waals surface area contributed by atoms with Crippen molar-refractivity contribution in [3.05, 3.63) is 11.2 Å². The molecule has 1 heterocycles. The number of hydrogen-bond donors (Lipinski definition) is 1. The van der Waals surface area contributed by atoms with E-state index in [2.05, 4.69) is 25.9 Å². The van der Waals surface area contributed by atoms with Crippen LogP contribution in [0.4, 0.5) is 5.82 Å². The van der Waals surface area contributed by atoms with Crippen molar-refractivity contribution in [3.63, 3.8) is 0 Å². The lowest BCUT2D eigenvalue weighted by molar-refractivity contribution is 0.376. The van der Waals surface area contributed by atoms with Crippen molar-refractivity contribution >= 4 is 17.4 Å². The van der Waals surface area contributed by atoms with Gasteiger partial charge in [-0.1, -0.05) is 25.4 Å². The summed E-state index contributed by atoms with van der Waals surface area (Å²) in [6.45, 7) is 6.36. The number of aromatic nitrogens is 2. The van der Waals surface area contributed by atoms with E-state index in [1.807, 2.05) is 4.68 Å². The first-order valence-corrected chi connectivity index (χ1v) is 4.40. The van der Waals surface area contributed by atoms with Gasteiger partial charge >= 0.3 is 0 Å². The van der Waals surface area contributed by atoms with Gasteiger partial charge in [0.25, 0.3) is 0 Å². The highest BCUT2D eigenvalue weighted by atomic mass is 35.5. The van der Waals surface area contributed by atoms with Crippen LogP contribution in [0.2, 0.25) is 5.02 Å². The van der Waals surface area contributed by atoms with E-state index in [1.165, 1.54) is 0 Å². The summed E-state index contributed by atoms with van der Waals surface area (Å²) in [4.78, 5) is 0. The van der Waals surface area contributed by atoms with Crippen LogP contribution in [0.1, 0.15) is 26.8 Å². The van der Waals surface area contributed by atoms with Crippen LogP contribution >= 0.6 is 11.6 Å². The Balaban J connectivity index is 2.89. The molecule has 3 nitrogen and oxygen atoms in total. The molecule has 0 bridgehead atoms. The molecular formula is C8H14ClN3. The number of anilines is 1. The van der Waals surface area contributed by atoms with E-state index in [0.29, 0.717) is 22.8 Å². The molecule has 0 aliphatic rings. The standard InChI is InChI=1S/C8H14ClN3/c1-5(2)6(3)12-4-7(9)8(10)11-12/h4-6H,1-3H3,(H2,10,11). The summed E-state index contributed by atoms with van der Waals surface area (Å²) in [6.07, 6.45) is 1.77. The van der Waals surface area contributed by atoms with Gasteiger partial charge in [0.2, 0.25) is 0 Å². The van der Waals surface area contributed by atoms with E-state index in [4.69, 9.17) is 17.3 Å². The van der Waals surface area contributed by atoms with E-state index < -0.39 is 0 Å². The zero-order valence-electron chi connectivity index (χ0n) is 7.58. The summed E-state index contributed by atoms with van der Waals surface area (Å²) < 4.78 is 1.81. The van der Waals surface area contributed by atoms with E-state index in [1.54, 1.807) is 6.20 Å². The molecule has 1 aromatic rings. The highest BCUT2D eigenvalue weighted by Gasteiger charge is 2.12. The highest BCUT2D eigenvalue weighted by molar-refractivity contribution is 6.32. The molecule has 1 aromatic heterocycles. The summed E-state index contributed by atoms with van der Waals surface area (Å²) in [6, 6.07) is 0.333. The first-order valence-electron chi connectivity index (χ1n) is 4.02. The molecule has 0 aromatic carbocycles. The summed E-state index contributed by atoms with van der Waals surface area (Å²) >= 11 is 5.77. The molecule has 0 amide bonds. The van der Waals surface area contributed by atoms with Gasteiger partial charge in [-0.05, 0) is 12.8 Å². The Kier molecular flexibility index (Phi) is 2.62. The quantitative estimate of drug-likeness (QED) is 0.773. The summed E-state index contributed by atoms with van der Waals surface area (Å²) in [5.74, 6) is 0.935. The zero-order valence-corrected chi connectivity index (χ0v) is 8.34. The van der Waals surface area contributed by atoms with Crippen molar-refractivity contribution in [3.8, 4) is 0 Å². The Morgan fingerprint density at radius 1 is 1.50 bits per heavy atom. The number of rotatable bonds is 2.